The van der Waals surface area contributed by atoms with Crippen molar-refractivity contribution in [2.24, 2.45) is 0 Å². The number of nitrogen functional groups attached to an aromatic ring is 1. The van der Waals surface area contributed by atoms with Crippen LogP contribution < -0.4 is 11.1 Å². The van der Waals surface area contributed by atoms with Gasteiger partial charge in [0.1, 0.15) is 6.26 Å². The lowest BCUT2D eigenvalue weighted by Gasteiger charge is -2.15. The minimum absolute atomic E-state index is 0.263. The first-order valence-electron chi connectivity index (χ1n) is 6.45. The Morgan fingerprint density at radius 2 is 1.78 bits per heavy atom. The number of anilines is 2. The maximum Gasteiger partial charge on any atom is 0.451 e. The molecule has 23 heavy (non-hydrogen) atoms. The van der Waals surface area contributed by atoms with Gasteiger partial charge in [0, 0.05) is 0 Å². The van der Waals surface area contributed by atoms with Gasteiger partial charge in [0.25, 0.3) is 0 Å². The zero-order valence-electron chi connectivity index (χ0n) is 12.3. The van der Waals surface area contributed by atoms with E-state index in [0.717, 1.165) is 5.56 Å². The molecule has 0 fully saturated rings. The van der Waals surface area contributed by atoms with Crippen molar-refractivity contribution >= 4 is 23.1 Å². The molecule has 0 spiro atoms. The largest absolute Gasteiger partial charge is 0.612 e. The predicted molar refractivity (Wildman–Crippen MR) is 80.1 cm³/mol. The van der Waals surface area contributed by atoms with Crippen LogP contribution in [0.1, 0.15) is 24.4 Å². The fraction of sp³-hybridized carbons (Fsp3) is 0.308. The molecule has 2 unspecified atom stereocenters. The van der Waals surface area contributed by atoms with Crippen LogP contribution >= 0.6 is 0 Å². The number of nitrogens with two attached hydrogens (primary N) is 1. The molecule has 0 aliphatic carbocycles. The summed E-state index contributed by atoms with van der Waals surface area (Å²) in [5, 5.41) is 2.74. The fourth-order valence-corrected chi connectivity index (χ4v) is 2.33. The molecule has 10 heteroatoms. The third kappa shape index (κ3) is 4.45. The fourth-order valence-electron chi connectivity index (χ4n) is 1.81. The van der Waals surface area contributed by atoms with Crippen molar-refractivity contribution in [1.29, 1.82) is 0 Å². The Balaban J connectivity index is 2.19. The second kappa shape index (κ2) is 6.59. The number of alkyl halides is 3. The van der Waals surface area contributed by atoms with E-state index in [4.69, 9.17) is 5.73 Å². The van der Waals surface area contributed by atoms with E-state index in [0.29, 0.717) is 4.90 Å². The number of nitrogens with zero attached hydrogens (tertiary/aromatic N) is 3. The second-order valence-corrected chi connectivity index (χ2v) is 6.11. The highest BCUT2D eigenvalue weighted by Gasteiger charge is 2.35. The van der Waals surface area contributed by atoms with Crippen molar-refractivity contribution < 1.29 is 17.7 Å². The van der Waals surface area contributed by atoms with Gasteiger partial charge in [-0.25, -0.2) is 0 Å². The average molecular weight is 345 g/mol. The third-order valence-corrected chi connectivity index (χ3v) is 3.90. The van der Waals surface area contributed by atoms with Crippen LogP contribution in [0.5, 0.6) is 0 Å². The van der Waals surface area contributed by atoms with Crippen LogP contribution in [0.4, 0.5) is 25.1 Å². The molecule has 0 aliphatic rings. The summed E-state index contributed by atoms with van der Waals surface area (Å²) in [6.07, 6.45) is -3.15. The third-order valence-electron chi connectivity index (χ3n) is 2.96. The Labute approximate surface area is 133 Å². The van der Waals surface area contributed by atoms with Gasteiger partial charge in [0.05, 0.1) is 6.04 Å². The summed E-state index contributed by atoms with van der Waals surface area (Å²) in [7, 11) is 0. The SMILES string of the molecule is CC(Nc1nc(N)nc(C(F)(F)F)n1)c1ccc([S+](C)[O-])cc1. The number of hydrogen-bond donors (Lipinski definition) is 2. The first-order chi connectivity index (χ1) is 10.7. The Kier molecular flexibility index (Phi) is 4.95. The van der Waals surface area contributed by atoms with Crippen LogP contribution in [0, 0.1) is 0 Å². The van der Waals surface area contributed by atoms with Crippen molar-refractivity contribution in [2.75, 3.05) is 17.3 Å². The van der Waals surface area contributed by atoms with Crippen molar-refractivity contribution in [2.45, 2.75) is 24.0 Å². The van der Waals surface area contributed by atoms with Gasteiger partial charge in [-0.1, -0.05) is 12.1 Å². The predicted octanol–water partition coefficient (Wildman–Crippen LogP) is 2.38. The number of benzene rings is 1. The summed E-state index contributed by atoms with van der Waals surface area (Å²) in [6.45, 7) is 1.73. The van der Waals surface area contributed by atoms with Gasteiger partial charge in [0.2, 0.25) is 17.7 Å². The van der Waals surface area contributed by atoms with Gasteiger partial charge in [-0.05, 0) is 35.8 Å². The molecular weight excluding hydrogens is 331 g/mol. The number of hydrogen-bond acceptors (Lipinski definition) is 6. The van der Waals surface area contributed by atoms with E-state index < -0.39 is 29.1 Å². The molecule has 2 rings (SSSR count). The van der Waals surface area contributed by atoms with Crippen LogP contribution in [-0.2, 0) is 17.4 Å². The molecular formula is C13H14F3N5OS. The van der Waals surface area contributed by atoms with E-state index in [-0.39, 0.29) is 12.0 Å². The zero-order valence-corrected chi connectivity index (χ0v) is 13.1. The molecule has 1 aromatic carbocycles. The Morgan fingerprint density at radius 3 is 2.30 bits per heavy atom. The van der Waals surface area contributed by atoms with Crippen LogP contribution in [0.2, 0.25) is 0 Å². The zero-order chi connectivity index (χ0) is 17.2. The van der Waals surface area contributed by atoms with Gasteiger partial charge >= 0.3 is 6.18 Å². The lowest BCUT2D eigenvalue weighted by atomic mass is 10.1. The number of halogens is 3. The highest BCUT2D eigenvalue weighted by Crippen LogP contribution is 2.27. The number of nitrogens with one attached hydrogen (secondary N) is 1. The van der Waals surface area contributed by atoms with Gasteiger partial charge in [0.15, 0.2) is 4.90 Å². The molecule has 0 radical (unpaired) electrons. The Hall–Kier alpha value is -2.07. The average Bonchev–Trinajstić information content (AvgIpc) is 2.45. The minimum Gasteiger partial charge on any atom is -0.612 e. The van der Waals surface area contributed by atoms with Crippen molar-refractivity contribution in [3.63, 3.8) is 0 Å². The molecule has 1 aromatic heterocycles. The monoisotopic (exact) mass is 345 g/mol. The van der Waals surface area contributed by atoms with Crippen LogP contribution in [0.15, 0.2) is 29.2 Å². The van der Waals surface area contributed by atoms with Crippen molar-refractivity contribution in [3.05, 3.63) is 35.7 Å². The highest BCUT2D eigenvalue weighted by atomic mass is 32.2. The molecule has 6 nitrogen and oxygen atoms in total. The van der Waals surface area contributed by atoms with E-state index in [1.807, 2.05) is 0 Å². The quantitative estimate of drug-likeness (QED) is 0.825. The Bertz CT molecular complexity index is 678. The number of rotatable bonds is 4. The summed E-state index contributed by atoms with van der Waals surface area (Å²) in [6, 6.07) is 6.45. The molecule has 0 bridgehead atoms. The summed E-state index contributed by atoms with van der Waals surface area (Å²) in [5.41, 5.74) is 6.06. The van der Waals surface area contributed by atoms with Crippen LogP contribution in [-0.4, -0.2) is 25.8 Å². The van der Waals surface area contributed by atoms with Crippen LogP contribution in [0.3, 0.4) is 0 Å². The molecule has 0 amide bonds. The maximum atomic E-state index is 12.7. The number of aromatic nitrogens is 3. The van der Waals surface area contributed by atoms with Crippen LogP contribution in [0.25, 0.3) is 0 Å². The molecule has 0 saturated heterocycles. The first kappa shape index (κ1) is 17.3. The summed E-state index contributed by atoms with van der Waals surface area (Å²) in [5.74, 6) is -2.13. The minimum atomic E-state index is -4.70. The van der Waals surface area contributed by atoms with E-state index in [2.05, 4.69) is 20.3 Å². The smallest absolute Gasteiger partial charge is 0.451 e. The standard InChI is InChI=1S/C13H14F3N5OS/c1-7(8-3-5-9(6-4-8)23(2)22)18-12-20-10(13(14,15)16)19-11(17)21-12/h3-7H,1-2H3,(H3,17,18,19,20,21). The van der Waals surface area contributed by atoms with Crippen molar-refractivity contribution in [1.82, 2.24) is 15.0 Å². The lowest BCUT2D eigenvalue weighted by molar-refractivity contribution is -0.144. The Morgan fingerprint density at radius 1 is 1.17 bits per heavy atom. The van der Waals surface area contributed by atoms with E-state index >= 15 is 0 Å². The summed E-state index contributed by atoms with van der Waals surface area (Å²) in [4.78, 5) is 10.7. The molecule has 0 saturated carbocycles. The molecule has 2 atom stereocenters. The molecule has 1 heterocycles. The second-order valence-electron chi connectivity index (χ2n) is 4.73. The van der Waals surface area contributed by atoms with Crippen molar-refractivity contribution in [3.8, 4) is 0 Å². The topological polar surface area (TPSA) is 99.8 Å². The van der Waals surface area contributed by atoms with Gasteiger partial charge in [-0.3, -0.25) is 0 Å². The van der Waals surface area contributed by atoms with Gasteiger partial charge < -0.3 is 15.6 Å². The molecule has 0 aliphatic heterocycles. The van der Waals surface area contributed by atoms with Gasteiger partial charge in [-0.2, -0.15) is 28.1 Å². The summed E-state index contributed by atoms with van der Waals surface area (Å²) >= 11 is -1.10. The van der Waals surface area contributed by atoms with E-state index in [1.165, 1.54) is 0 Å². The molecule has 3 N–H and O–H groups in total. The van der Waals surface area contributed by atoms with Gasteiger partial charge in [-0.15, -0.1) is 0 Å². The van der Waals surface area contributed by atoms with E-state index in [1.54, 1.807) is 37.4 Å². The highest BCUT2D eigenvalue weighted by molar-refractivity contribution is 7.90. The molecule has 2 aromatic rings. The van der Waals surface area contributed by atoms with E-state index in [9.17, 15) is 17.7 Å². The first-order valence-corrected chi connectivity index (χ1v) is 8.01. The lowest BCUT2D eigenvalue weighted by Crippen LogP contribution is -2.17. The normalized spacial score (nSPS) is 14.3. The maximum absolute atomic E-state index is 12.7. The summed E-state index contributed by atoms with van der Waals surface area (Å²) < 4.78 is 49.3. The molecule has 124 valence electrons.